The van der Waals surface area contributed by atoms with Gasteiger partial charge in [-0.15, -0.1) is 5.10 Å². The van der Waals surface area contributed by atoms with Crippen LogP contribution in [0.1, 0.15) is 49.6 Å². The Morgan fingerprint density at radius 1 is 1.17 bits per heavy atom. The molecule has 2 N–H and O–H groups in total. The molecule has 2 aromatic heterocycles. The van der Waals surface area contributed by atoms with Gasteiger partial charge in [-0.05, 0) is 36.5 Å². The van der Waals surface area contributed by atoms with Crippen molar-refractivity contribution in [2.24, 2.45) is 5.41 Å². The van der Waals surface area contributed by atoms with Crippen LogP contribution in [-0.2, 0) is 4.79 Å². The molecule has 1 aliphatic heterocycles. The van der Waals surface area contributed by atoms with Gasteiger partial charge in [-0.25, -0.2) is 4.39 Å². The molecule has 0 radical (unpaired) electrons. The van der Waals surface area contributed by atoms with Gasteiger partial charge in [0.2, 0.25) is 5.78 Å². The van der Waals surface area contributed by atoms with E-state index in [1.54, 1.807) is 23.6 Å². The quantitative estimate of drug-likeness (QED) is 0.663. The maximum atomic E-state index is 13.6. The van der Waals surface area contributed by atoms with Crippen molar-refractivity contribution in [3.05, 3.63) is 68.7 Å². The highest BCUT2D eigenvalue weighted by Gasteiger charge is 2.42. The molecule has 1 aromatic carbocycles. The van der Waals surface area contributed by atoms with Crippen LogP contribution < -0.4 is 10.9 Å². The first kappa shape index (κ1) is 17.8. The van der Waals surface area contributed by atoms with Gasteiger partial charge < -0.3 is 5.32 Å². The number of nitrogens with one attached hydrogen (secondary N) is 2. The summed E-state index contributed by atoms with van der Waals surface area (Å²) in [5, 5.41) is 7.73. The third-order valence-electron chi connectivity index (χ3n) is 5.62. The molecule has 8 heteroatoms. The smallest absolute Gasteiger partial charge is 0.258 e. The number of hydrogen-bond acceptors (Lipinski definition) is 5. The molecule has 0 spiro atoms. The number of carbonyl (C=O) groups excluding carboxylic acids is 1. The molecular weight excluding hydrogens is 373 g/mol. The number of aromatic amines is 1. The summed E-state index contributed by atoms with van der Waals surface area (Å²) in [6.07, 6.45) is 1.05. The lowest BCUT2D eigenvalue weighted by Crippen LogP contribution is -2.37. The number of hydrogen-bond donors (Lipinski definition) is 2. The Hall–Kier alpha value is -3.29. The second kappa shape index (κ2) is 5.85. The number of anilines is 1. The van der Waals surface area contributed by atoms with Crippen molar-refractivity contribution in [3.63, 3.8) is 0 Å². The van der Waals surface area contributed by atoms with Crippen molar-refractivity contribution in [1.82, 2.24) is 19.6 Å². The van der Waals surface area contributed by atoms with Crippen LogP contribution in [0.15, 0.2) is 40.3 Å². The second-order valence-electron chi connectivity index (χ2n) is 8.55. The molecule has 7 nitrogen and oxygen atoms in total. The van der Waals surface area contributed by atoms with Crippen molar-refractivity contribution in [2.75, 3.05) is 5.32 Å². The highest BCUT2D eigenvalue weighted by molar-refractivity contribution is 6.01. The van der Waals surface area contributed by atoms with E-state index in [0.29, 0.717) is 47.0 Å². The van der Waals surface area contributed by atoms with Crippen molar-refractivity contribution in [3.8, 4) is 0 Å². The van der Waals surface area contributed by atoms with E-state index < -0.39 is 5.92 Å². The number of Topliss-reactive ketones (excluding diaryl/α,β-unsaturated/α-hetero) is 1. The molecule has 0 fully saturated rings. The number of carbonyl (C=O) groups is 1. The highest BCUT2D eigenvalue weighted by atomic mass is 19.1. The lowest BCUT2D eigenvalue weighted by molar-refractivity contribution is -0.118. The van der Waals surface area contributed by atoms with Gasteiger partial charge in [0.15, 0.2) is 5.78 Å². The maximum Gasteiger partial charge on any atom is 0.258 e. The number of ketones is 1. The average Bonchev–Trinajstić information content (AvgIpc) is 3.00. The summed E-state index contributed by atoms with van der Waals surface area (Å²) in [4.78, 5) is 33.3. The van der Waals surface area contributed by atoms with Gasteiger partial charge in [-0.3, -0.25) is 14.6 Å². The number of aromatic nitrogens is 4. The molecule has 3 aromatic rings. The first-order valence-electron chi connectivity index (χ1n) is 9.52. The van der Waals surface area contributed by atoms with E-state index in [9.17, 15) is 14.0 Å². The zero-order valence-electron chi connectivity index (χ0n) is 16.3. The SMILES string of the molecule is Cc1nc2[nH]c(=O)c3c(n2n1)NC1=C(C(=O)CC(C)(C)C1)[C@@H]3c1ccc(F)cc1. The molecule has 1 aliphatic carbocycles. The zero-order valence-corrected chi connectivity index (χ0v) is 16.3. The van der Waals surface area contributed by atoms with Gasteiger partial charge in [-0.1, -0.05) is 26.0 Å². The minimum Gasteiger partial charge on any atom is -0.343 e. The molecule has 1 atom stereocenters. The molecule has 148 valence electrons. The van der Waals surface area contributed by atoms with Gasteiger partial charge in [0.05, 0.1) is 5.56 Å². The summed E-state index contributed by atoms with van der Waals surface area (Å²) in [7, 11) is 0. The monoisotopic (exact) mass is 393 g/mol. The topological polar surface area (TPSA) is 92.2 Å². The Labute approximate surface area is 165 Å². The fraction of sp³-hybridized carbons (Fsp3) is 0.333. The van der Waals surface area contributed by atoms with Gasteiger partial charge in [0.25, 0.3) is 5.56 Å². The van der Waals surface area contributed by atoms with Crippen LogP contribution in [0.3, 0.4) is 0 Å². The van der Waals surface area contributed by atoms with E-state index in [2.05, 4.69) is 20.4 Å². The van der Waals surface area contributed by atoms with E-state index in [4.69, 9.17) is 0 Å². The van der Waals surface area contributed by atoms with Gasteiger partial charge in [0.1, 0.15) is 17.5 Å². The second-order valence-corrected chi connectivity index (χ2v) is 8.55. The van der Waals surface area contributed by atoms with Crippen LogP contribution in [0, 0.1) is 18.2 Å². The Bertz CT molecular complexity index is 1270. The molecule has 0 saturated carbocycles. The highest BCUT2D eigenvalue weighted by Crippen LogP contribution is 2.47. The molecular formula is C21H20FN5O2. The minimum atomic E-state index is -0.594. The molecule has 0 unspecified atom stereocenters. The third-order valence-corrected chi connectivity index (χ3v) is 5.62. The van der Waals surface area contributed by atoms with E-state index in [1.165, 1.54) is 12.1 Å². The molecule has 5 rings (SSSR count). The molecule has 0 saturated heterocycles. The van der Waals surface area contributed by atoms with E-state index in [1.807, 2.05) is 13.8 Å². The van der Waals surface area contributed by atoms with Crippen LogP contribution in [0.4, 0.5) is 10.2 Å². The van der Waals surface area contributed by atoms with E-state index in [0.717, 1.165) is 5.70 Å². The summed E-state index contributed by atoms with van der Waals surface area (Å²) in [6.45, 7) is 5.84. The molecule has 0 amide bonds. The average molecular weight is 393 g/mol. The number of rotatable bonds is 1. The van der Waals surface area contributed by atoms with Crippen LogP contribution >= 0.6 is 0 Å². The number of H-pyrrole nitrogens is 1. The van der Waals surface area contributed by atoms with Crippen molar-refractivity contribution in [2.45, 2.75) is 39.5 Å². The van der Waals surface area contributed by atoms with Gasteiger partial charge >= 0.3 is 0 Å². The van der Waals surface area contributed by atoms with Crippen LogP contribution in [0.5, 0.6) is 0 Å². The van der Waals surface area contributed by atoms with Gasteiger partial charge in [0, 0.05) is 23.6 Å². The Morgan fingerprint density at radius 2 is 1.90 bits per heavy atom. The zero-order chi connectivity index (χ0) is 20.5. The largest absolute Gasteiger partial charge is 0.343 e. The number of aryl methyl sites for hydroxylation is 1. The predicted octanol–water partition coefficient (Wildman–Crippen LogP) is 3.07. The van der Waals surface area contributed by atoms with E-state index in [-0.39, 0.29) is 22.6 Å². The summed E-state index contributed by atoms with van der Waals surface area (Å²) < 4.78 is 15.1. The van der Waals surface area contributed by atoms with E-state index >= 15 is 0 Å². The summed E-state index contributed by atoms with van der Waals surface area (Å²) in [5.74, 6) is 0.393. The van der Waals surface area contributed by atoms with Crippen LogP contribution in [0.2, 0.25) is 0 Å². The standard InChI is InChI=1S/C21H20FN5O2/c1-10-23-20-25-19(29)17-15(11-4-6-12(22)7-5-11)16-13(24-18(17)27(20)26-10)8-21(2,3)9-14(16)28/h4-7,15,24H,8-9H2,1-3H3,(H,23,25,26,29)/t15-/m0/s1. The summed E-state index contributed by atoms with van der Waals surface area (Å²) in [5.41, 5.74) is 1.90. The lowest BCUT2D eigenvalue weighted by Gasteiger charge is -2.38. The number of fused-ring (bicyclic) bond motifs is 3. The number of nitrogens with zero attached hydrogens (tertiary/aromatic N) is 3. The number of benzene rings is 1. The van der Waals surface area contributed by atoms with Crippen LogP contribution in [0.25, 0.3) is 5.78 Å². The molecule has 2 aliphatic rings. The predicted molar refractivity (Wildman–Crippen MR) is 105 cm³/mol. The molecule has 3 heterocycles. The van der Waals surface area contributed by atoms with Crippen LogP contribution in [-0.4, -0.2) is 25.4 Å². The maximum absolute atomic E-state index is 13.6. The minimum absolute atomic E-state index is 0.00186. The molecule has 29 heavy (non-hydrogen) atoms. The van der Waals surface area contributed by atoms with Gasteiger partial charge in [-0.2, -0.15) is 9.50 Å². The third kappa shape index (κ3) is 2.70. The fourth-order valence-corrected chi connectivity index (χ4v) is 4.49. The first-order valence-corrected chi connectivity index (χ1v) is 9.52. The summed E-state index contributed by atoms with van der Waals surface area (Å²) in [6, 6.07) is 5.95. The Balaban J connectivity index is 1.84. The Kier molecular flexibility index (Phi) is 3.59. The first-order chi connectivity index (χ1) is 13.7. The van der Waals surface area contributed by atoms with Crippen molar-refractivity contribution in [1.29, 1.82) is 0 Å². The molecule has 0 bridgehead atoms. The lowest BCUT2D eigenvalue weighted by atomic mass is 9.69. The fourth-order valence-electron chi connectivity index (χ4n) is 4.49. The summed E-state index contributed by atoms with van der Waals surface area (Å²) >= 11 is 0. The van der Waals surface area contributed by atoms with Crippen molar-refractivity contribution < 1.29 is 9.18 Å². The normalized spacial score (nSPS) is 20.4. The Morgan fingerprint density at radius 3 is 2.62 bits per heavy atom. The number of halogens is 1. The van der Waals surface area contributed by atoms with Crippen molar-refractivity contribution >= 4 is 17.4 Å². The number of allylic oxidation sites excluding steroid dienone is 2.